The number of nitrogens with zero attached hydrogens (tertiary/aromatic N) is 1. The molecule has 0 saturated carbocycles. The Morgan fingerprint density at radius 1 is 1.11 bits per heavy atom. The van der Waals surface area contributed by atoms with Crippen molar-refractivity contribution in [1.29, 1.82) is 0 Å². The van der Waals surface area contributed by atoms with E-state index < -0.39 is 42.3 Å². The Labute approximate surface area is 202 Å². The molecule has 2 aromatic rings. The molecule has 2 N–H and O–H groups in total. The normalized spacial score (nSPS) is 22.0. The second kappa shape index (κ2) is 9.64. The van der Waals surface area contributed by atoms with Crippen LogP contribution in [-0.2, 0) is 14.3 Å². The lowest BCUT2D eigenvalue weighted by Gasteiger charge is -2.24. The van der Waals surface area contributed by atoms with Crippen LogP contribution in [0.1, 0.15) is 37.3 Å². The Balaban J connectivity index is 1.37. The molecule has 9 heteroatoms. The predicted molar refractivity (Wildman–Crippen MR) is 124 cm³/mol. The molecular weight excluding hydrogens is 458 g/mol. The molecule has 3 atom stereocenters. The van der Waals surface area contributed by atoms with Gasteiger partial charge in [-0.15, -0.1) is 0 Å². The van der Waals surface area contributed by atoms with Crippen LogP contribution in [0, 0.1) is 11.3 Å². The highest BCUT2D eigenvalue weighted by molar-refractivity contribution is 5.82. The topological polar surface area (TPSA) is 95.9 Å². The van der Waals surface area contributed by atoms with Crippen molar-refractivity contribution < 1.29 is 33.0 Å². The maximum absolute atomic E-state index is 13.7. The number of ether oxygens (including phenoxy) is 1. The third kappa shape index (κ3) is 4.72. The molecule has 35 heavy (non-hydrogen) atoms. The third-order valence-electron chi connectivity index (χ3n) is 7.29. The number of fused-ring (bicyclic) bond motifs is 3. The molecule has 1 unspecified atom stereocenters. The van der Waals surface area contributed by atoms with Crippen LogP contribution in [-0.4, -0.2) is 60.1 Å². The van der Waals surface area contributed by atoms with Gasteiger partial charge in [0.2, 0.25) is 5.91 Å². The summed E-state index contributed by atoms with van der Waals surface area (Å²) < 4.78 is 32.7. The van der Waals surface area contributed by atoms with E-state index in [-0.39, 0.29) is 31.5 Å². The van der Waals surface area contributed by atoms with Gasteiger partial charge in [0.25, 0.3) is 6.43 Å². The van der Waals surface area contributed by atoms with E-state index >= 15 is 0 Å². The van der Waals surface area contributed by atoms with Crippen LogP contribution in [0.2, 0.25) is 0 Å². The Morgan fingerprint density at radius 3 is 2.20 bits per heavy atom. The molecule has 0 bridgehead atoms. The minimum Gasteiger partial charge on any atom is -0.481 e. The Bertz CT molecular complexity index is 1090. The van der Waals surface area contributed by atoms with E-state index in [1.54, 1.807) is 6.92 Å². The molecular formula is C26H28F2N2O5. The number of alkyl halides is 2. The highest BCUT2D eigenvalue weighted by Gasteiger charge is 2.48. The second-order valence-electron chi connectivity index (χ2n) is 9.51. The fraction of sp³-hybridized carbons (Fsp3) is 0.423. The van der Waals surface area contributed by atoms with Crippen LogP contribution in [0.25, 0.3) is 11.1 Å². The van der Waals surface area contributed by atoms with Gasteiger partial charge < -0.3 is 20.1 Å². The van der Waals surface area contributed by atoms with Crippen LogP contribution in [0.3, 0.4) is 0 Å². The summed E-state index contributed by atoms with van der Waals surface area (Å²) in [5.74, 6) is -2.22. The van der Waals surface area contributed by atoms with Crippen LogP contribution in [0.4, 0.5) is 13.6 Å². The Kier molecular flexibility index (Phi) is 6.78. The van der Waals surface area contributed by atoms with Crippen LogP contribution < -0.4 is 5.32 Å². The second-order valence-corrected chi connectivity index (χ2v) is 9.51. The van der Waals surface area contributed by atoms with Crippen molar-refractivity contribution in [2.45, 2.75) is 38.7 Å². The molecule has 2 amide bonds. The first-order valence-corrected chi connectivity index (χ1v) is 11.5. The monoisotopic (exact) mass is 486 g/mol. The number of halogens is 2. The van der Waals surface area contributed by atoms with E-state index in [4.69, 9.17) is 4.74 Å². The van der Waals surface area contributed by atoms with Crippen LogP contribution in [0.5, 0.6) is 0 Å². The Morgan fingerprint density at radius 2 is 1.69 bits per heavy atom. The Hall–Kier alpha value is -3.49. The number of carbonyl (C=O) groups is 3. The first kappa shape index (κ1) is 24.6. The maximum Gasteiger partial charge on any atom is 0.407 e. The molecule has 1 aliphatic carbocycles. The zero-order chi connectivity index (χ0) is 25.3. The number of carbonyl (C=O) groups excluding carboxylic acids is 2. The van der Waals surface area contributed by atoms with Gasteiger partial charge in [0.1, 0.15) is 12.6 Å². The molecule has 1 aliphatic heterocycles. The summed E-state index contributed by atoms with van der Waals surface area (Å²) in [4.78, 5) is 37.9. The molecule has 2 aliphatic rings. The summed E-state index contributed by atoms with van der Waals surface area (Å²) in [5.41, 5.74) is 2.93. The molecule has 0 radical (unpaired) electrons. The van der Waals surface area contributed by atoms with Gasteiger partial charge in [0.15, 0.2) is 0 Å². The molecule has 1 saturated heterocycles. The summed E-state index contributed by atoms with van der Waals surface area (Å²) in [7, 11) is 0. The number of rotatable bonds is 7. The van der Waals surface area contributed by atoms with E-state index in [0.29, 0.717) is 0 Å². The molecule has 0 aromatic heterocycles. The third-order valence-corrected chi connectivity index (χ3v) is 7.29. The first-order chi connectivity index (χ1) is 16.6. The minimum absolute atomic E-state index is 0.0373. The quantitative estimate of drug-likeness (QED) is 0.614. The fourth-order valence-electron chi connectivity index (χ4n) is 4.93. The SMILES string of the molecule is C[C@@H]1CN(C(=O)CC(NC(=O)OCC2c3ccccc3-c3ccccc32)C(F)F)C[C@@]1(C)C(=O)O. The predicted octanol–water partition coefficient (Wildman–Crippen LogP) is 4.12. The number of carboxylic acids is 1. The molecule has 186 valence electrons. The van der Waals surface area contributed by atoms with Gasteiger partial charge in [-0.05, 0) is 35.1 Å². The number of hydrogen-bond acceptors (Lipinski definition) is 4. The van der Waals surface area contributed by atoms with Crippen LogP contribution >= 0.6 is 0 Å². The number of alkyl carbamates (subject to hydrolysis) is 1. The number of benzene rings is 2. The van der Waals surface area contributed by atoms with Crippen molar-refractivity contribution in [2.75, 3.05) is 19.7 Å². The highest BCUT2D eigenvalue weighted by atomic mass is 19.3. The van der Waals surface area contributed by atoms with Gasteiger partial charge in [0.05, 0.1) is 11.8 Å². The van der Waals surface area contributed by atoms with Gasteiger partial charge >= 0.3 is 12.1 Å². The van der Waals surface area contributed by atoms with Crippen molar-refractivity contribution in [3.63, 3.8) is 0 Å². The lowest BCUT2D eigenvalue weighted by Crippen LogP contribution is -2.45. The van der Waals surface area contributed by atoms with E-state index in [9.17, 15) is 28.3 Å². The molecule has 2 aromatic carbocycles. The number of likely N-dealkylation sites (tertiary alicyclic amines) is 1. The van der Waals surface area contributed by atoms with Gasteiger partial charge in [-0.1, -0.05) is 55.5 Å². The lowest BCUT2D eigenvalue weighted by atomic mass is 9.81. The standard InChI is InChI=1S/C26H28F2N2O5/c1-15-12-30(14-26(15,2)24(32)33)22(31)11-21(23(27)28)29-25(34)35-13-20-18-9-5-3-7-16(18)17-8-4-6-10-19(17)20/h3-10,15,20-21,23H,11-14H2,1-2H3,(H,29,34)(H,32,33)/t15-,21?,26-/m1/s1. The van der Waals surface area contributed by atoms with E-state index in [2.05, 4.69) is 5.32 Å². The highest BCUT2D eigenvalue weighted by Crippen LogP contribution is 2.44. The zero-order valence-corrected chi connectivity index (χ0v) is 19.5. The lowest BCUT2D eigenvalue weighted by molar-refractivity contribution is -0.149. The van der Waals surface area contributed by atoms with Gasteiger partial charge in [-0.3, -0.25) is 9.59 Å². The number of amides is 2. The largest absolute Gasteiger partial charge is 0.481 e. The van der Waals surface area contributed by atoms with E-state index in [1.807, 2.05) is 48.5 Å². The average molecular weight is 487 g/mol. The number of hydrogen-bond donors (Lipinski definition) is 2. The van der Waals surface area contributed by atoms with Crippen molar-refractivity contribution in [1.82, 2.24) is 10.2 Å². The van der Waals surface area contributed by atoms with Gasteiger partial charge in [0, 0.05) is 19.0 Å². The van der Waals surface area contributed by atoms with Crippen LogP contribution in [0.15, 0.2) is 48.5 Å². The van der Waals surface area contributed by atoms with E-state index in [0.717, 1.165) is 22.3 Å². The summed E-state index contributed by atoms with van der Waals surface area (Å²) in [6, 6.07) is 13.8. The summed E-state index contributed by atoms with van der Waals surface area (Å²) in [6.45, 7) is 3.30. The molecule has 4 rings (SSSR count). The summed E-state index contributed by atoms with van der Waals surface area (Å²) >= 11 is 0. The maximum atomic E-state index is 13.7. The van der Waals surface area contributed by atoms with E-state index in [1.165, 1.54) is 11.8 Å². The molecule has 7 nitrogen and oxygen atoms in total. The van der Waals surface area contributed by atoms with Crippen molar-refractivity contribution >= 4 is 18.0 Å². The van der Waals surface area contributed by atoms with Crippen molar-refractivity contribution in [3.8, 4) is 11.1 Å². The summed E-state index contributed by atoms with van der Waals surface area (Å²) in [5, 5.41) is 11.6. The van der Waals surface area contributed by atoms with Gasteiger partial charge in [-0.2, -0.15) is 0 Å². The van der Waals surface area contributed by atoms with Gasteiger partial charge in [-0.25, -0.2) is 13.6 Å². The van der Waals surface area contributed by atoms with Crippen molar-refractivity contribution in [2.24, 2.45) is 11.3 Å². The zero-order valence-electron chi connectivity index (χ0n) is 19.5. The smallest absolute Gasteiger partial charge is 0.407 e. The van der Waals surface area contributed by atoms with Crippen molar-refractivity contribution in [3.05, 3.63) is 59.7 Å². The fourth-order valence-corrected chi connectivity index (χ4v) is 4.93. The first-order valence-electron chi connectivity index (χ1n) is 11.5. The average Bonchev–Trinajstić information content (AvgIpc) is 3.32. The molecule has 1 fully saturated rings. The summed E-state index contributed by atoms with van der Waals surface area (Å²) in [6.07, 6.45) is -4.68. The number of aliphatic carboxylic acids is 1. The number of carboxylic acid groups (broad SMARTS) is 1. The molecule has 1 heterocycles. The number of nitrogens with one attached hydrogen (secondary N) is 1. The molecule has 0 spiro atoms. The minimum atomic E-state index is -3.00.